The third-order valence-corrected chi connectivity index (χ3v) is 5.06. The molecule has 4 aliphatic rings. The number of carbonyl (C=O) groups is 3. The first kappa shape index (κ1) is 18.8. The van der Waals surface area contributed by atoms with Crippen LogP contribution in [0, 0.1) is 0 Å². The first-order chi connectivity index (χ1) is 14.0. The number of benzene rings is 1. The fourth-order valence-corrected chi connectivity index (χ4v) is 3.75. The molecule has 4 aliphatic heterocycles. The van der Waals surface area contributed by atoms with Gasteiger partial charge in [-0.3, -0.25) is 14.4 Å². The molecular weight excluding hydrogens is 380 g/mol. The highest BCUT2D eigenvalue weighted by Gasteiger charge is 2.62. The zero-order valence-electron chi connectivity index (χ0n) is 15.7. The number of nitrogens with zero attached hydrogens (tertiary/aromatic N) is 6. The predicted octanol–water partition coefficient (Wildman–Crippen LogP) is 1.99. The summed E-state index contributed by atoms with van der Waals surface area (Å²) in [5, 5.41) is 6.83. The van der Waals surface area contributed by atoms with Crippen molar-refractivity contribution < 1.29 is 24.0 Å². The standard InChI is InChI=1S/C18H18N6O5/c1-3-28-18(27)22-12-9-10(2)15(14-13(20-21-19)17(26)23(14)22)29-24(12)16(25)11-7-5-4-6-8-11/h4-9,12-15H,3H2,1-2H3/t12-,13+,14-,15-/m1/s1. The SMILES string of the molecule is CCOC(=O)N1[C@H]2C=C(C)[C@@H](ON2C(=O)c2ccccc2)[C@H]2[C@H](N=[N+]=[N-])C(=O)N21. The molecule has 0 unspecified atom stereocenters. The van der Waals surface area contributed by atoms with Gasteiger partial charge in [-0.15, -0.1) is 0 Å². The van der Waals surface area contributed by atoms with Crippen molar-refractivity contribution in [3.05, 3.63) is 58.0 Å². The molecule has 29 heavy (non-hydrogen) atoms. The van der Waals surface area contributed by atoms with E-state index in [0.29, 0.717) is 11.1 Å². The van der Waals surface area contributed by atoms with Gasteiger partial charge in [-0.1, -0.05) is 23.3 Å². The summed E-state index contributed by atoms with van der Waals surface area (Å²) in [5.74, 6) is -1.04. The Bertz CT molecular complexity index is 943. The summed E-state index contributed by atoms with van der Waals surface area (Å²) < 4.78 is 5.12. The number of carbonyl (C=O) groups excluding carboxylic acids is 3. The van der Waals surface area contributed by atoms with E-state index in [-0.39, 0.29) is 6.61 Å². The van der Waals surface area contributed by atoms with Gasteiger partial charge in [0, 0.05) is 10.5 Å². The first-order valence-corrected chi connectivity index (χ1v) is 9.06. The second-order valence-electron chi connectivity index (χ2n) is 6.71. The second kappa shape index (κ2) is 7.12. The van der Waals surface area contributed by atoms with Crippen LogP contribution in [0.15, 0.2) is 47.1 Å². The van der Waals surface area contributed by atoms with Crippen molar-refractivity contribution >= 4 is 17.9 Å². The summed E-state index contributed by atoms with van der Waals surface area (Å²) in [5.41, 5.74) is 9.89. The Kier molecular flexibility index (Phi) is 4.61. The molecule has 0 radical (unpaired) electrons. The van der Waals surface area contributed by atoms with Crippen LogP contribution in [0.4, 0.5) is 4.79 Å². The van der Waals surface area contributed by atoms with Crippen LogP contribution in [0.5, 0.6) is 0 Å². The van der Waals surface area contributed by atoms with Crippen LogP contribution in [0.2, 0.25) is 0 Å². The highest BCUT2D eigenvalue weighted by atomic mass is 16.7. The zero-order valence-corrected chi connectivity index (χ0v) is 15.7. The zero-order chi connectivity index (χ0) is 20.7. The monoisotopic (exact) mass is 398 g/mol. The van der Waals surface area contributed by atoms with Crippen molar-refractivity contribution in [2.75, 3.05) is 6.61 Å². The number of hydrogen-bond donors (Lipinski definition) is 0. The number of amides is 3. The molecule has 0 saturated carbocycles. The van der Waals surface area contributed by atoms with E-state index in [1.165, 1.54) is 0 Å². The van der Waals surface area contributed by atoms with E-state index in [4.69, 9.17) is 15.1 Å². The summed E-state index contributed by atoms with van der Waals surface area (Å²) in [6.45, 7) is 3.48. The third kappa shape index (κ3) is 2.79. The van der Waals surface area contributed by atoms with E-state index >= 15 is 0 Å². The molecule has 2 fully saturated rings. The van der Waals surface area contributed by atoms with Crippen molar-refractivity contribution in [1.29, 1.82) is 0 Å². The number of azide groups is 1. The van der Waals surface area contributed by atoms with Gasteiger partial charge in [-0.2, -0.15) is 10.1 Å². The molecule has 150 valence electrons. The lowest BCUT2D eigenvalue weighted by atomic mass is 9.89. The molecule has 0 aliphatic carbocycles. The van der Waals surface area contributed by atoms with Gasteiger partial charge in [-0.05, 0) is 43.2 Å². The molecule has 0 spiro atoms. The quantitative estimate of drug-likeness (QED) is 0.253. The van der Waals surface area contributed by atoms with Gasteiger partial charge in [0.15, 0.2) is 6.17 Å². The van der Waals surface area contributed by atoms with E-state index in [0.717, 1.165) is 15.1 Å². The first-order valence-electron chi connectivity index (χ1n) is 9.06. The minimum absolute atomic E-state index is 0.0775. The van der Waals surface area contributed by atoms with Gasteiger partial charge in [0.2, 0.25) is 0 Å². The molecule has 11 nitrogen and oxygen atoms in total. The van der Waals surface area contributed by atoms with E-state index in [1.54, 1.807) is 50.3 Å². The number of hydroxylamine groups is 2. The van der Waals surface area contributed by atoms with Crippen LogP contribution in [-0.2, 0) is 14.4 Å². The molecule has 1 aromatic carbocycles. The van der Waals surface area contributed by atoms with Crippen molar-refractivity contribution in [2.24, 2.45) is 5.11 Å². The Hall–Kier alpha value is -3.56. The molecule has 2 saturated heterocycles. The molecule has 1 aromatic rings. The highest BCUT2D eigenvalue weighted by Crippen LogP contribution is 2.41. The molecule has 3 amide bonds. The highest BCUT2D eigenvalue weighted by molar-refractivity contribution is 5.95. The van der Waals surface area contributed by atoms with Gasteiger partial charge in [0.1, 0.15) is 18.2 Å². The number of β-lactam (4-membered cyclic amide) rings is 1. The molecule has 4 atom stereocenters. The Morgan fingerprint density at radius 2 is 2.03 bits per heavy atom. The van der Waals surface area contributed by atoms with Gasteiger partial charge in [-0.25, -0.2) is 9.80 Å². The smallest absolute Gasteiger partial charge is 0.431 e. The average molecular weight is 398 g/mol. The molecule has 5 rings (SSSR count). The Morgan fingerprint density at radius 1 is 1.31 bits per heavy atom. The van der Waals surface area contributed by atoms with E-state index < -0.39 is 42.3 Å². The molecular formula is C18H18N6O5. The maximum atomic E-state index is 13.1. The second-order valence-corrected chi connectivity index (χ2v) is 6.71. The van der Waals surface area contributed by atoms with Crippen LogP contribution in [0.25, 0.3) is 10.4 Å². The van der Waals surface area contributed by atoms with Crippen molar-refractivity contribution in [2.45, 2.75) is 38.2 Å². The summed E-state index contributed by atoms with van der Waals surface area (Å²) in [6.07, 6.45) is -0.924. The number of hydrogen-bond acceptors (Lipinski definition) is 6. The summed E-state index contributed by atoms with van der Waals surface area (Å²) >= 11 is 0. The number of fused-ring (bicyclic) bond motifs is 1. The lowest BCUT2D eigenvalue weighted by Gasteiger charge is -2.48. The molecule has 0 aromatic heterocycles. The minimum atomic E-state index is -1.05. The summed E-state index contributed by atoms with van der Waals surface area (Å²) in [4.78, 5) is 47.2. The van der Waals surface area contributed by atoms with Crippen molar-refractivity contribution in [1.82, 2.24) is 15.1 Å². The fourth-order valence-electron chi connectivity index (χ4n) is 3.75. The lowest BCUT2D eigenvalue weighted by molar-refractivity contribution is -0.185. The maximum absolute atomic E-state index is 13.1. The van der Waals surface area contributed by atoms with E-state index in [2.05, 4.69) is 10.0 Å². The molecule has 11 heteroatoms. The topological polar surface area (TPSA) is 128 Å². The van der Waals surface area contributed by atoms with Gasteiger partial charge < -0.3 is 4.74 Å². The maximum Gasteiger partial charge on any atom is 0.431 e. The number of ether oxygens (including phenoxy) is 1. The number of hydrazine groups is 1. The Balaban J connectivity index is 1.79. The van der Waals surface area contributed by atoms with Gasteiger partial charge in [0.05, 0.1) is 6.61 Å². The van der Waals surface area contributed by atoms with E-state index in [1.807, 2.05) is 0 Å². The Morgan fingerprint density at radius 3 is 2.69 bits per heavy atom. The minimum Gasteiger partial charge on any atom is -0.448 e. The largest absolute Gasteiger partial charge is 0.448 e. The molecule has 2 bridgehead atoms. The average Bonchev–Trinajstić information content (AvgIpc) is 2.92. The van der Waals surface area contributed by atoms with Crippen molar-refractivity contribution in [3.8, 4) is 0 Å². The number of rotatable bonds is 3. The third-order valence-electron chi connectivity index (χ3n) is 5.06. The normalized spacial score (nSPS) is 27.3. The summed E-state index contributed by atoms with van der Waals surface area (Å²) in [7, 11) is 0. The van der Waals surface area contributed by atoms with Crippen LogP contribution < -0.4 is 0 Å². The van der Waals surface area contributed by atoms with Crippen LogP contribution in [-0.4, -0.2) is 63.9 Å². The molecule has 4 heterocycles. The van der Waals surface area contributed by atoms with Crippen LogP contribution >= 0.6 is 0 Å². The van der Waals surface area contributed by atoms with Crippen molar-refractivity contribution in [3.63, 3.8) is 0 Å². The Labute approximate surface area is 165 Å². The molecule has 0 N–H and O–H groups in total. The van der Waals surface area contributed by atoms with Gasteiger partial charge in [0.25, 0.3) is 11.8 Å². The van der Waals surface area contributed by atoms with E-state index in [9.17, 15) is 14.4 Å². The summed E-state index contributed by atoms with van der Waals surface area (Å²) in [6, 6.07) is 6.63. The van der Waals surface area contributed by atoms with Crippen LogP contribution in [0.1, 0.15) is 24.2 Å². The fraction of sp³-hybridized carbons (Fsp3) is 0.389. The lowest BCUT2D eigenvalue weighted by Crippen LogP contribution is -2.73. The van der Waals surface area contributed by atoms with Gasteiger partial charge >= 0.3 is 6.09 Å². The van der Waals surface area contributed by atoms with Crippen LogP contribution in [0.3, 0.4) is 0 Å². The predicted molar refractivity (Wildman–Crippen MR) is 97.5 cm³/mol.